The Morgan fingerprint density at radius 3 is 3.00 bits per heavy atom. The van der Waals surface area contributed by atoms with Crippen molar-refractivity contribution in [1.29, 1.82) is 0 Å². The summed E-state index contributed by atoms with van der Waals surface area (Å²) in [6.45, 7) is 3.09. The first-order chi connectivity index (χ1) is 5.75. The van der Waals surface area contributed by atoms with Crippen LogP contribution in [0, 0.1) is 5.92 Å². The number of rotatable bonds is 3. The summed E-state index contributed by atoms with van der Waals surface area (Å²) >= 11 is 0. The van der Waals surface area contributed by atoms with Gasteiger partial charge in [-0.15, -0.1) is 0 Å². The molecule has 0 spiro atoms. The van der Waals surface area contributed by atoms with Crippen LogP contribution >= 0.6 is 0 Å². The fraction of sp³-hybridized carbons (Fsp3) is 0.857. The molecule has 0 aromatic rings. The van der Waals surface area contributed by atoms with Gasteiger partial charge in [-0.3, -0.25) is 9.63 Å². The molecular formula is C7H14N2O3. The van der Waals surface area contributed by atoms with E-state index in [0.717, 1.165) is 0 Å². The molecule has 0 saturated carbocycles. The third-order valence-electron chi connectivity index (χ3n) is 1.78. The van der Waals surface area contributed by atoms with Crippen molar-refractivity contribution in [1.82, 2.24) is 5.48 Å². The first-order valence-corrected chi connectivity index (χ1v) is 4.00. The molecule has 1 aliphatic rings. The molecule has 1 aliphatic heterocycles. The van der Waals surface area contributed by atoms with Crippen LogP contribution in [0.15, 0.2) is 0 Å². The van der Waals surface area contributed by atoms with E-state index in [1.165, 1.54) is 0 Å². The molecule has 70 valence electrons. The van der Waals surface area contributed by atoms with E-state index < -0.39 is 0 Å². The van der Waals surface area contributed by atoms with Crippen LogP contribution in [0.4, 0.5) is 0 Å². The van der Waals surface area contributed by atoms with Gasteiger partial charge < -0.3 is 10.5 Å². The molecule has 1 fully saturated rings. The van der Waals surface area contributed by atoms with Gasteiger partial charge in [-0.2, -0.15) is 0 Å². The second kappa shape index (κ2) is 4.39. The van der Waals surface area contributed by atoms with Crippen molar-refractivity contribution < 1.29 is 14.4 Å². The predicted octanol–water partition coefficient (Wildman–Crippen LogP) is -0.972. The average molecular weight is 174 g/mol. The Morgan fingerprint density at radius 1 is 1.75 bits per heavy atom. The summed E-state index contributed by atoms with van der Waals surface area (Å²) < 4.78 is 5.03. The summed E-state index contributed by atoms with van der Waals surface area (Å²) in [5.41, 5.74) is 7.92. The van der Waals surface area contributed by atoms with E-state index in [9.17, 15) is 4.79 Å². The Labute approximate surface area is 71.2 Å². The number of carbonyl (C=O) groups is 1. The minimum absolute atomic E-state index is 0.193. The van der Waals surface area contributed by atoms with Gasteiger partial charge in [0, 0.05) is 6.04 Å². The molecule has 0 radical (unpaired) electrons. The maximum Gasteiger partial charge on any atom is 0.250 e. The maximum absolute atomic E-state index is 11.2. The van der Waals surface area contributed by atoms with Gasteiger partial charge in [-0.25, -0.2) is 5.48 Å². The van der Waals surface area contributed by atoms with Crippen molar-refractivity contribution >= 4 is 5.91 Å². The molecule has 1 heterocycles. The lowest BCUT2D eigenvalue weighted by molar-refractivity contribution is -0.137. The largest absolute Gasteiger partial charge is 0.379 e. The Morgan fingerprint density at radius 2 is 2.50 bits per heavy atom. The normalized spacial score (nSPS) is 28.8. The molecule has 12 heavy (non-hydrogen) atoms. The third-order valence-corrected chi connectivity index (χ3v) is 1.78. The zero-order chi connectivity index (χ0) is 8.97. The number of ether oxygens (including phenoxy) is 1. The maximum atomic E-state index is 11.2. The quantitative estimate of drug-likeness (QED) is 0.540. The number of nitrogens with two attached hydrogens (primary N) is 1. The molecule has 0 aromatic carbocycles. The van der Waals surface area contributed by atoms with Gasteiger partial charge in [0.05, 0.1) is 25.7 Å². The Balaban J connectivity index is 2.30. The van der Waals surface area contributed by atoms with Crippen molar-refractivity contribution in [2.45, 2.75) is 13.0 Å². The predicted molar refractivity (Wildman–Crippen MR) is 42.1 cm³/mol. The first kappa shape index (κ1) is 9.44. The Bertz CT molecular complexity index is 163. The number of carbonyl (C=O) groups excluding carboxylic acids is 1. The highest BCUT2D eigenvalue weighted by Crippen LogP contribution is 2.11. The number of nitrogens with one attached hydrogen (secondary N) is 1. The zero-order valence-corrected chi connectivity index (χ0v) is 7.08. The van der Waals surface area contributed by atoms with Gasteiger partial charge in [0.15, 0.2) is 0 Å². The van der Waals surface area contributed by atoms with E-state index in [1.54, 1.807) is 6.92 Å². The van der Waals surface area contributed by atoms with Gasteiger partial charge in [0.2, 0.25) is 0 Å². The molecule has 2 atom stereocenters. The lowest BCUT2D eigenvalue weighted by Gasteiger charge is -2.11. The minimum atomic E-state index is -0.267. The summed E-state index contributed by atoms with van der Waals surface area (Å²) in [5.74, 6) is -0.460. The van der Waals surface area contributed by atoms with E-state index in [4.69, 9.17) is 15.3 Å². The Hall–Kier alpha value is -0.650. The van der Waals surface area contributed by atoms with Gasteiger partial charge >= 0.3 is 0 Å². The highest BCUT2D eigenvalue weighted by Gasteiger charge is 2.31. The van der Waals surface area contributed by atoms with Crippen LogP contribution in [0.1, 0.15) is 6.92 Å². The highest BCUT2D eigenvalue weighted by atomic mass is 16.6. The average Bonchev–Trinajstić information content (AvgIpc) is 2.47. The lowest BCUT2D eigenvalue weighted by atomic mass is 10.0. The molecule has 1 amide bonds. The molecule has 2 unspecified atom stereocenters. The van der Waals surface area contributed by atoms with E-state index in [1.807, 2.05) is 0 Å². The summed E-state index contributed by atoms with van der Waals surface area (Å²) in [4.78, 5) is 16.0. The van der Waals surface area contributed by atoms with Crippen LogP contribution in [-0.4, -0.2) is 31.8 Å². The van der Waals surface area contributed by atoms with Crippen molar-refractivity contribution in [3.05, 3.63) is 0 Å². The van der Waals surface area contributed by atoms with Crippen LogP contribution in [0.5, 0.6) is 0 Å². The van der Waals surface area contributed by atoms with Crippen LogP contribution in [0.3, 0.4) is 0 Å². The topological polar surface area (TPSA) is 73.6 Å². The van der Waals surface area contributed by atoms with Crippen molar-refractivity contribution in [3.63, 3.8) is 0 Å². The second-order valence-corrected chi connectivity index (χ2v) is 2.71. The number of amides is 1. The van der Waals surface area contributed by atoms with Crippen LogP contribution in [-0.2, 0) is 14.4 Å². The smallest absolute Gasteiger partial charge is 0.250 e. The van der Waals surface area contributed by atoms with E-state index >= 15 is 0 Å². The van der Waals surface area contributed by atoms with Crippen LogP contribution in [0.2, 0.25) is 0 Å². The molecule has 1 saturated heterocycles. The summed E-state index contributed by atoms with van der Waals surface area (Å²) in [5, 5.41) is 0. The van der Waals surface area contributed by atoms with E-state index in [2.05, 4.69) is 5.48 Å². The second-order valence-electron chi connectivity index (χ2n) is 2.71. The number of hydroxylamine groups is 1. The van der Waals surface area contributed by atoms with Crippen molar-refractivity contribution in [2.75, 3.05) is 19.8 Å². The standard InChI is InChI=1S/C7H14N2O3/c1-2-12-9-7(10)5-3-11-4-6(5)8/h5-6H,2-4,8H2,1H3,(H,9,10). The molecule has 1 rings (SSSR count). The molecule has 0 aliphatic carbocycles. The van der Waals surface area contributed by atoms with Gasteiger partial charge in [0.1, 0.15) is 0 Å². The summed E-state index contributed by atoms with van der Waals surface area (Å²) in [6, 6.07) is -0.203. The van der Waals surface area contributed by atoms with E-state index in [-0.39, 0.29) is 17.9 Å². The minimum Gasteiger partial charge on any atom is -0.379 e. The Kier molecular flexibility index (Phi) is 3.46. The van der Waals surface area contributed by atoms with Crippen molar-refractivity contribution in [3.8, 4) is 0 Å². The molecule has 5 heteroatoms. The monoisotopic (exact) mass is 174 g/mol. The third kappa shape index (κ3) is 2.17. The zero-order valence-electron chi connectivity index (χ0n) is 7.08. The lowest BCUT2D eigenvalue weighted by Crippen LogP contribution is -2.40. The molecule has 0 bridgehead atoms. The fourth-order valence-electron chi connectivity index (χ4n) is 1.06. The fourth-order valence-corrected chi connectivity index (χ4v) is 1.06. The van der Waals surface area contributed by atoms with Crippen molar-refractivity contribution in [2.24, 2.45) is 11.7 Å². The first-order valence-electron chi connectivity index (χ1n) is 4.00. The molecule has 3 N–H and O–H groups in total. The van der Waals surface area contributed by atoms with Gasteiger partial charge in [-0.05, 0) is 6.92 Å². The summed E-state index contributed by atoms with van der Waals surface area (Å²) in [6.07, 6.45) is 0. The molecular weight excluding hydrogens is 160 g/mol. The SMILES string of the molecule is CCONC(=O)C1COCC1N. The van der Waals surface area contributed by atoms with Gasteiger partial charge in [-0.1, -0.05) is 0 Å². The molecule has 5 nitrogen and oxygen atoms in total. The van der Waals surface area contributed by atoms with E-state index in [0.29, 0.717) is 19.8 Å². The number of hydrogen-bond acceptors (Lipinski definition) is 4. The molecule has 0 aromatic heterocycles. The number of hydrogen-bond donors (Lipinski definition) is 2. The van der Waals surface area contributed by atoms with Crippen LogP contribution < -0.4 is 11.2 Å². The van der Waals surface area contributed by atoms with Crippen LogP contribution in [0.25, 0.3) is 0 Å². The summed E-state index contributed by atoms with van der Waals surface area (Å²) in [7, 11) is 0. The van der Waals surface area contributed by atoms with Gasteiger partial charge in [0.25, 0.3) is 5.91 Å². The highest BCUT2D eigenvalue weighted by molar-refractivity contribution is 5.78.